The van der Waals surface area contributed by atoms with Gasteiger partial charge in [-0.3, -0.25) is 4.99 Å². The van der Waals surface area contributed by atoms with Crippen molar-refractivity contribution in [3.63, 3.8) is 0 Å². The van der Waals surface area contributed by atoms with Gasteiger partial charge in [0.1, 0.15) is 4.91 Å². The van der Waals surface area contributed by atoms with Crippen LogP contribution in [-0.4, -0.2) is 35.7 Å². The Morgan fingerprint density at radius 3 is 3.13 bits per heavy atom. The van der Waals surface area contributed by atoms with Crippen LogP contribution in [0.4, 0.5) is 0 Å². The molecule has 0 aromatic heterocycles. The van der Waals surface area contributed by atoms with Crippen molar-refractivity contribution in [1.82, 2.24) is 4.90 Å². The van der Waals surface area contributed by atoms with Crippen LogP contribution in [0.15, 0.2) is 15.6 Å². The minimum absolute atomic E-state index is 0.225. The van der Waals surface area contributed by atoms with E-state index in [1.165, 1.54) is 11.8 Å². The largest absolute Gasteiger partial charge is 0.462 e. The van der Waals surface area contributed by atoms with Gasteiger partial charge in [-0.1, -0.05) is 0 Å². The Morgan fingerprint density at radius 2 is 2.47 bits per heavy atom. The van der Waals surface area contributed by atoms with Crippen LogP contribution in [-0.2, 0) is 9.53 Å². The maximum Gasteiger partial charge on any atom is 0.346 e. The van der Waals surface area contributed by atoms with E-state index in [0.29, 0.717) is 11.5 Å². The van der Waals surface area contributed by atoms with Crippen LogP contribution in [0.3, 0.4) is 0 Å². The standard InChI is InChI=1S/C10H14N2O2S/c1-3-14-9(13)8-7(2)12-6-4-5-11-10(12)15-8/h3-6H2,1-2H3. The molecule has 0 aromatic carbocycles. The Balaban J connectivity index is 2.20. The first-order chi connectivity index (χ1) is 7.24. The fourth-order valence-electron chi connectivity index (χ4n) is 1.66. The predicted octanol–water partition coefficient (Wildman–Crippen LogP) is 1.59. The van der Waals surface area contributed by atoms with Crippen LogP contribution in [0.5, 0.6) is 0 Å². The summed E-state index contributed by atoms with van der Waals surface area (Å²) in [6.07, 6.45) is 1.05. The van der Waals surface area contributed by atoms with Crippen molar-refractivity contribution >= 4 is 22.9 Å². The third-order valence-corrected chi connectivity index (χ3v) is 3.60. The van der Waals surface area contributed by atoms with Crippen molar-refractivity contribution in [3.8, 4) is 0 Å². The van der Waals surface area contributed by atoms with Gasteiger partial charge in [-0.15, -0.1) is 0 Å². The number of esters is 1. The average molecular weight is 226 g/mol. The first-order valence-electron chi connectivity index (χ1n) is 5.12. The molecule has 0 aliphatic carbocycles. The molecule has 2 aliphatic heterocycles. The number of aliphatic imine (C=N–C) groups is 1. The quantitative estimate of drug-likeness (QED) is 0.671. The van der Waals surface area contributed by atoms with Gasteiger partial charge in [-0.25, -0.2) is 4.79 Å². The molecule has 0 spiro atoms. The van der Waals surface area contributed by atoms with Crippen molar-refractivity contribution in [2.45, 2.75) is 20.3 Å². The SMILES string of the molecule is CCOC(=O)C1=C(C)N2CCCN=C2S1. The Hall–Kier alpha value is -0.970. The van der Waals surface area contributed by atoms with Crippen molar-refractivity contribution in [2.24, 2.45) is 4.99 Å². The van der Waals surface area contributed by atoms with Crippen molar-refractivity contribution in [2.75, 3.05) is 19.7 Å². The number of carbonyl (C=O) groups excluding carboxylic acids is 1. The van der Waals surface area contributed by atoms with E-state index >= 15 is 0 Å². The van der Waals surface area contributed by atoms with E-state index in [2.05, 4.69) is 9.89 Å². The van der Waals surface area contributed by atoms with Gasteiger partial charge in [0, 0.05) is 18.8 Å². The van der Waals surface area contributed by atoms with Gasteiger partial charge in [0.05, 0.1) is 6.61 Å². The number of carbonyl (C=O) groups is 1. The third-order valence-electron chi connectivity index (χ3n) is 2.41. The summed E-state index contributed by atoms with van der Waals surface area (Å²) in [5, 5.41) is 0.946. The van der Waals surface area contributed by atoms with Gasteiger partial charge in [0.2, 0.25) is 0 Å². The highest BCUT2D eigenvalue weighted by atomic mass is 32.2. The van der Waals surface area contributed by atoms with Crippen LogP contribution < -0.4 is 0 Å². The normalized spacial score (nSPS) is 20.1. The number of allylic oxidation sites excluding steroid dienone is 1. The summed E-state index contributed by atoms with van der Waals surface area (Å²) in [7, 11) is 0. The molecule has 2 heterocycles. The zero-order valence-electron chi connectivity index (χ0n) is 8.95. The minimum atomic E-state index is -0.225. The summed E-state index contributed by atoms with van der Waals surface area (Å²) in [5.74, 6) is -0.225. The molecule has 4 nitrogen and oxygen atoms in total. The molecule has 0 saturated carbocycles. The second-order valence-electron chi connectivity index (χ2n) is 3.41. The molecule has 0 radical (unpaired) electrons. The molecule has 2 rings (SSSR count). The van der Waals surface area contributed by atoms with Gasteiger partial charge in [0.15, 0.2) is 5.17 Å². The van der Waals surface area contributed by atoms with E-state index in [-0.39, 0.29) is 5.97 Å². The van der Waals surface area contributed by atoms with E-state index in [9.17, 15) is 4.79 Å². The Kier molecular flexibility index (Phi) is 3.00. The van der Waals surface area contributed by atoms with Crippen LogP contribution in [0.1, 0.15) is 20.3 Å². The van der Waals surface area contributed by atoms with E-state index in [1.54, 1.807) is 0 Å². The molecule has 15 heavy (non-hydrogen) atoms. The van der Waals surface area contributed by atoms with Gasteiger partial charge >= 0.3 is 5.97 Å². The fraction of sp³-hybridized carbons (Fsp3) is 0.600. The van der Waals surface area contributed by atoms with E-state index in [0.717, 1.165) is 30.4 Å². The van der Waals surface area contributed by atoms with Crippen molar-refractivity contribution < 1.29 is 9.53 Å². The number of rotatable bonds is 2. The molecule has 0 saturated heterocycles. The average Bonchev–Trinajstić information content (AvgIpc) is 2.57. The number of nitrogens with zero attached hydrogens (tertiary/aromatic N) is 2. The number of fused-ring (bicyclic) bond motifs is 1. The van der Waals surface area contributed by atoms with Gasteiger partial charge in [-0.2, -0.15) is 0 Å². The molecule has 0 amide bonds. The second-order valence-corrected chi connectivity index (χ2v) is 4.38. The lowest BCUT2D eigenvalue weighted by Gasteiger charge is -2.23. The molecular formula is C10H14N2O2S. The Morgan fingerprint density at radius 1 is 1.67 bits per heavy atom. The van der Waals surface area contributed by atoms with Crippen LogP contribution in [0.25, 0.3) is 0 Å². The van der Waals surface area contributed by atoms with E-state index < -0.39 is 0 Å². The zero-order valence-corrected chi connectivity index (χ0v) is 9.76. The van der Waals surface area contributed by atoms with Crippen LogP contribution in [0, 0.1) is 0 Å². The molecule has 2 aliphatic rings. The highest BCUT2D eigenvalue weighted by molar-refractivity contribution is 8.18. The first kappa shape index (κ1) is 10.5. The van der Waals surface area contributed by atoms with Gasteiger partial charge < -0.3 is 9.64 Å². The zero-order chi connectivity index (χ0) is 10.8. The number of hydrogen-bond donors (Lipinski definition) is 0. The highest BCUT2D eigenvalue weighted by Crippen LogP contribution is 2.36. The lowest BCUT2D eigenvalue weighted by atomic mass is 10.3. The molecule has 82 valence electrons. The monoisotopic (exact) mass is 226 g/mol. The van der Waals surface area contributed by atoms with Gasteiger partial charge in [0.25, 0.3) is 0 Å². The predicted molar refractivity (Wildman–Crippen MR) is 60.5 cm³/mol. The molecule has 0 fully saturated rings. The van der Waals surface area contributed by atoms with Gasteiger partial charge in [-0.05, 0) is 32.0 Å². The molecule has 0 atom stereocenters. The maximum absolute atomic E-state index is 11.6. The van der Waals surface area contributed by atoms with Crippen LogP contribution >= 0.6 is 11.8 Å². The molecule has 0 aromatic rings. The minimum Gasteiger partial charge on any atom is -0.462 e. The number of thioether (sulfide) groups is 1. The summed E-state index contributed by atoms with van der Waals surface area (Å²) in [5.41, 5.74) is 0.983. The van der Waals surface area contributed by atoms with Crippen molar-refractivity contribution in [1.29, 1.82) is 0 Å². The molecule has 5 heteroatoms. The van der Waals surface area contributed by atoms with Crippen LogP contribution in [0.2, 0.25) is 0 Å². The number of hydrogen-bond acceptors (Lipinski definition) is 5. The summed E-state index contributed by atoms with van der Waals surface area (Å²) in [6.45, 7) is 6.01. The molecule has 0 unspecified atom stereocenters. The number of amidine groups is 1. The molecular weight excluding hydrogens is 212 g/mol. The molecule has 0 N–H and O–H groups in total. The smallest absolute Gasteiger partial charge is 0.346 e. The topological polar surface area (TPSA) is 41.9 Å². The van der Waals surface area contributed by atoms with Crippen molar-refractivity contribution in [3.05, 3.63) is 10.6 Å². The highest BCUT2D eigenvalue weighted by Gasteiger charge is 2.32. The number of ether oxygens (including phenoxy) is 1. The maximum atomic E-state index is 11.6. The Labute approximate surface area is 93.4 Å². The lowest BCUT2D eigenvalue weighted by molar-refractivity contribution is -0.137. The molecule has 0 bridgehead atoms. The van der Waals surface area contributed by atoms with E-state index in [1.807, 2.05) is 13.8 Å². The fourth-order valence-corrected chi connectivity index (χ4v) is 2.73. The first-order valence-corrected chi connectivity index (χ1v) is 5.93. The summed E-state index contributed by atoms with van der Waals surface area (Å²) in [4.78, 5) is 18.8. The second kappa shape index (κ2) is 4.26. The summed E-state index contributed by atoms with van der Waals surface area (Å²) < 4.78 is 5.00. The summed E-state index contributed by atoms with van der Waals surface area (Å²) >= 11 is 1.43. The Bertz CT molecular complexity index is 349. The lowest BCUT2D eigenvalue weighted by Crippen LogP contribution is -2.28. The summed E-state index contributed by atoms with van der Waals surface area (Å²) in [6, 6.07) is 0. The third kappa shape index (κ3) is 1.88. The van der Waals surface area contributed by atoms with E-state index in [4.69, 9.17) is 4.74 Å².